The molecule has 1 aromatic heterocycles. The summed E-state index contributed by atoms with van der Waals surface area (Å²) in [4.78, 5) is 4.55. The molecule has 6 nitrogen and oxygen atoms in total. The van der Waals surface area contributed by atoms with Gasteiger partial charge in [-0.25, -0.2) is 0 Å². The predicted molar refractivity (Wildman–Crippen MR) is 95.4 cm³/mol. The number of ether oxygens (including phenoxy) is 2. The highest BCUT2D eigenvalue weighted by atomic mass is 16.5. The standard InChI is InChI=1S/C18H31N3O3/c1-2-8-19-18(21-10-6-17-5-3-12-24-17)20-9-4-11-22-14-16-7-13-23-15-16/h3,5,12,16H,2,4,6-11,13-15H2,1H3,(H2,19,20,21). The van der Waals surface area contributed by atoms with Crippen LogP contribution in [0.25, 0.3) is 0 Å². The molecule has 1 atom stereocenters. The van der Waals surface area contributed by atoms with Crippen molar-refractivity contribution in [1.29, 1.82) is 0 Å². The number of furan rings is 1. The van der Waals surface area contributed by atoms with Crippen molar-refractivity contribution in [3.8, 4) is 0 Å². The molecule has 136 valence electrons. The van der Waals surface area contributed by atoms with Crippen LogP contribution in [0.1, 0.15) is 31.9 Å². The molecule has 0 bridgehead atoms. The molecule has 1 unspecified atom stereocenters. The van der Waals surface area contributed by atoms with Crippen LogP contribution in [0.2, 0.25) is 0 Å². The summed E-state index contributed by atoms with van der Waals surface area (Å²) in [6, 6.07) is 3.90. The maximum Gasteiger partial charge on any atom is 0.191 e. The van der Waals surface area contributed by atoms with Crippen molar-refractivity contribution in [1.82, 2.24) is 10.6 Å². The van der Waals surface area contributed by atoms with Gasteiger partial charge in [-0.15, -0.1) is 0 Å². The van der Waals surface area contributed by atoms with Gasteiger partial charge in [0.15, 0.2) is 5.96 Å². The van der Waals surface area contributed by atoms with Crippen molar-refractivity contribution in [2.24, 2.45) is 10.9 Å². The molecule has 2 N–H and O–H groups in total. The third kappa shape index (κ3) is 7.84. The average molecular weight is 337 g/mol. The molecule has 1 aromatic rings. The van der Waals surface area contributed by atoms with E-state index in [1.54, 1.807) is 6.26 Å². The van der Waals surface area contributed by atoms with Crippen LogP contribution < -0.4 is 10.6 Å². The van der Waals surface area contributed by atoms with Crippen LogP contribution in [0.4, 0.5) is 0 Å². The van der Waals surface area contributed by atoms with E-state index in [0.29, 0.717) is 5.92 Å². The molecule has 0 saturated carbocycles. The lowest BCUT2D eigenvalue weighted by atomic mass is 10.1. The van der Waals surface area contributed by atoms with E-state index < -0.39 is 0 Å². The monoisotopic (exact) mass is 337 g/mol. The molecule has 0 radical (unpaired) electrons. The van der Waals surface area contributed by atoms with Crippen LogP contribution in [-0.2, 0) is 15.9 Å². The Labute approximate surface area is 145 Å². The molecule has 1 aliphatic rings. The Morgan fingerprint density at radius 1 is 1.38 bits per heavy atom. The third-order valence-corrected chi connectivity index (χ3v) is 3.87. The number of guanidine groups is 1. The summed E-state index contributed by atoms with van der Waals surface area (Å²) in [5.41, 5.74) is 0. The summed E-state index contributed by atoms with van der Waals surface area (Å²) in [7, 11) is 0. The van der Waals surface area contributed by atoms with Crippen LogP contribution in [0.15, 0.2) is 27.8 Å². The minimum atomic E-state index is 0.586. The Balaban J connectivity index is 1.54. The van der Waals surface area contributed by atoms with Crippen molar-refractivity contribution in [3.63, 3.8) is 0 Å². The molecule has 2 rings (SSSR count). The van der Waals surface area contributed by atoms with Gasteiger partial charge >= 0.3 is 0 Å². The number of rotatable bonds is 11. The lowest BCUT2D eigenvalue weighted by Crippen LogP contribution is -2.39. The number of nitrogens with zero attached hydrogens (tertiary/aromatic N) is 1. The molecule has 0 spiro atoms. The average Bonchev–Trinajstić information content (AvgIpc) is 3.28. The summed E-state index contributed by atoms with van der Waals surface area (Å²) in [5.74, 6) is 2.44. The molecular formula is C18H31N3O3. The zero-order chi connectivity index (χ0) is 16.9. The third-order valence-electron chi connectivity index (χ3n) is 3.87. The van der Waals surface area contributed by atoms with E-state index in [9.17, 15) is 0 Å². The molecule has 1 saturated heterocycles. The topological polar surface area (TPSA) is 68.0 Å². The quantitative estimate of drug-likeness (QED) is 0.368. The largest absolute Gasteiger partial charge is 0.469 e. The van der Waals surface area contributed by atoms with Crippen molar-refractivity contribution in [2.45, 2.75) is 32.6 Å². The smallest absolute Gasteiger partial charge is 0.191 e. The molecule has 1 fully saturated rings. The molecular weight excluding hydrogens is 306 g/mol. The van der Waals surface area contributed by atoms with Gasteiger partial charge in [0.05, 0.1) is 19.5 Å². The summed E-state index contributed by atoms with van der Waals surface area (Å²) in [6.45, 7) is 7.95. The van der Waals surface area contributed by atoms with Gasteiger partial charge in [0.25, 0.3) is 0 Å². The lowest BCUT2D eigenvalue weighted by molar-refractivity contribution is 0.0888. The maximum atomic E-state index is 5.72. The van der Waals surface area contributed by atoms with Gasteiger partial charge in [0.2, 0.25) is 0 Å². The van der Waals surface area contributed by atoms with Gasteiger partial charge in [-0.3, -0.25) is 4.99 Å². The minimum Gasteiger partial charge on any atom is -0.469 e. The first-order chi connectivity index (χ1) is 11.9. The molecule has 0 aromatic carbocycles. The highest BCUT2D eigenvalue weighted by Crippen LogP contribution is 2.12. The Kier molecular flexibility index (Phi) is 9.34. The first-order valence-electron chi connectivity index (χ1n) is 9.08. The second-order valence-electron chi connectivity index (χ2n) is 6.07. The van der Waals surface area contributed by atoms with Crippen molar-refractivity contribution in [2.75, 3.05) is 46.1 Å². The van der Waals surface area contributed by atoms with E-state index in [1.165, 1.54) is 0 Å². The number of nitrogens with one attached hydrogen (secondary N) is 2. The van der Waals surface area contributed by atoms with Gasteiger partial charge in [-0.2, -0.15) is 0 Å². The highest BCUT2D eigenvalue weighted by molar-refractivity contribution is 5.79. The Morgan fingerprint density at radius 2 is 2.29 bits per heavy atom. The van der Waals surface area contributed by atoms with Gasteiger partial charge < -0.3 is 24.5 Å². The molecule has 24 heavy (non-hydrogen) atoms. The van der Waals surface area contributed by atoms with Crippen LogP contribution in [0.5, 0.6) is 0 Å². The zero-order valence-electron chi connectivity index (χ0n) is 14.8. The number of aliphatic imine (C=N–C) groups is 1. The minimum absolute atomic E-state index is 0.586. The van der Waals surface area contributed by atoms with E-state index in [1.807, 2.05) is 12.1 Å². The van der Waals surface area contributed by atoms with E-state index >= 15 is 0 Å². The fraction of sp³-hybridized carbons (Fsp3) is 0.722. The molecule has 1 aliphatic heterocycles. The van der Waals surface area contributed by atoms with Gasteiger partial charge in [0, 0.05) is 45.2 Å². The van der Waals surface area contributed by atoms with Gasteiger partial charge in [-0.1, -0.05) is 6.92 Å². The normalized spacial score (nSPS) is 18.0. The lowest BCUT2D eigenvalue weighted by Gasteiger charge is -2.13. The molecule has 0 amide bonds. The van der Waals surface area contributed by atoms with Crippen molar-refractivity contribution in [3.05, 3.63) is 24.2 Å². The highest BCUT2D eigenvalue weighted by Gasteiger charge is 2.15. The van der Waals surface area contributed by atoms with Crippen LogP contribution >= 0.6 is 0 Å². The van der Waals surface area contributed by atoms with Crippen molar-refractivity contribution < 1.29 is 13.9 Å². The fourth-order valence-electron chi connectivity index (χ4n) is 2.50. The van der Waals surface area contributed by atoms with Crippen LogP contribution in [0, 0.1) is 5.92 Å². The van der Waals surface area contributed by atoms with E-state index in [0.717, 1.165) is 83.5 Å². The second-order valence-corrected chi connectivity index (χ2v) is 6.07. The molecule has 6 heteroatoms. The second kappa shape index (κ2) is 11.9. The van der Waals surface area contributed by atoms with Gasteiger partial charge in [-0.05, 0) is 31.4 Å². The van der Waals surface area contributed by atoms with E-state index in [4.69, 9.17) is 13.9 Å². The Hall–Kier alpha value is -1.53. The van der Waals surface area contributed by atoms with Gasteiger partial charge in [0.1, 0.15) is 5.76 Å². The first-order valence-corrected chi connectivity index (χ1v) is 9.08. The molecule has 0 aliphatic carbocycles. The number of hydrogen-bond acceptors (Lipinski definition) is 4. The summed E-state index contributed by atoms with van der Waals surface area (Å²) >= 11 is 0. The maximum absolute atomic E-state index is 5.72. The zero-order valence-corrected chi connectivity index (χ0v) is 14.8. The Morgan fingerprint density at radius 3 is 3.04 bits per heavy atom. The van der Waals surface area contributed by atoms with Crippen molar-refractivity contribution >= 4 is 5.96 Å². The number of hydrogen-bond donors (Lipinski definition) is 2. The summed E-state index contributed by atoms with van der Waals surface area (Å²) in [5, 5.41) is 6.72. The summed E-state index contributed by atoms with van der Waals surface area (Å²) in [6.07, 6.45) is 5.70. The summed E-state index contributed by atoms with van der Waals surface area (Å²) < 4.78 is 16.4. The first kappa shape index (κ1) is 18.8. The predicted octanol–water partition coefficient (Wildman–Crippen LogP) is 2.21. The SMILES string of the molecule is CCCN=C(NCCCOCC1CCOC1)NCCc1ccco1. The van der Waals surface area contributed by atoms with E-state index in [-0.39, 0.29) is 0 Å². The van der Waals surface area contributed by atoms with E-state index in [2.05, 4.69) is 22.5 Å². The fourth-order valence-corrected chi connectivity index (χ4v) is 2.50. The molecule has 2 heterocycles. The van der Waals surface area contributed by atoms with Crippen LogP contribution in [0.3, 0.4) is 0 Å². The Bertz CT molecular complexity index is 442. The van der Waals surface area contributed by atoms with Crippen LogP contribution in [-0.4, -0.2) is 52.0 Å².